The monoisotopic (exact) mass is 272 g/mol. The first-order valence-corrected chi connectivity index (χ1v) is 6.98. The molecule has 4 nitrogen and oxygen atoms in total. The summed E-state index contributed by atoms with van der Waals surface area (Å²) >= 11 is 1.61. The molecular weight excluding hydrogens is 256 g/mol. The van der Waals surface area contributed by atoms with E-state index >= 15 is 0 Å². The summed E-state index contributed by atoms with van der Waals surface area (Å²) in [6.07, 6.45) is 0.920. The average Bonchev–Trinajstić information content (AvgIpc) is 2.69. The number of nitrogens with one attached hydrogen (secondary N) is 1. The van der Waals surface area contributed by atoms with Crippen LogP contribution in [0.25, 0.3) is 0 Å². The molecule has 98 valence electrons. The van der Waals surface area contributed by atoms with Crippen molar-refractivity contribution in [1.29, 1.82) is 5.26 Å². The quantitative estimate of drug-likeness (QED) is 0.926. The molecule has 0 atom stereocenters. The number of pyridine rings is 1. The number of rotatable bonds is 3. The summed E-state index contributed by atoms with van der Waals surface area (Å²) in [6, 6.07) is 4.08. The molecule has 0 unspecified atom stereocenters. The van der Waals surface area contributed by atoms with Crippen LogP contribution in [0.4, 0.5) is 10.8 Å². The summed E-state index contributed by atoms with van der Waals surface area (Å²) in [4.78, 5) is 10.1. The molecule has 0 saturated carbocycles. The predicted molar refractivity (Wildman–Crippen MR) is 77.9 cm³/mol. The lowest BCUT2D eigenvalue weighted by atomic mass is 10.1. The van der Waals surface area contributed by atoms with E-state index in [2.05, 4.69) is 35.2 Å². The number of hydrogen-bond donors (Lipinski definition) is 1. The summed E-state index contributed by atoms with van der Waals surface area (Å²) < 4.78 is 0. The Morgan fingerprint density at radius 3 is 2.63 bits per heavy atom. The van der Waals surface area contributed by atoms with E-state index in [1.165, 1.54) is 4.88 Å². The van der Waals surface area contributed by atoms with Crippen LogP contribution in [0.15, 0.2) is 6.07 Å². The van der Waals surface area contributed by atoms with Gasteiger partial charge >= 0.3 is 0 Å². The van der Waals surface area contributed by atoms with Gasteiger partial charge < -0.3 is 5.32 Å². The number of aromatic nitrogens is 2. The molecule has 0 aromatic carbocycles. The normalized spacial score (nSPS) is 10.3. The molecule has 0 bridgehead atoms. The zero-order chi connectivity index (χ0) is 14.0. The molecule has 0 radical (unpaired) electrons. The van der Waals surface area contributed by atoms with Crippen molar-refractivity contribution >= 4 is 22.2 Å². The van der Waals surface area contributed by atoms with Crippen molar-refractivity contribution < 1.29 is 0 Å². The average molecular weight is 272 g/mol. The third-order valence-corrected chi connectivity index (χ3v) is 3.84. The van der Waals surface area contributed by atoms with Gasteiger partial charge in [0.1, 0.15) is 6.07 Å². The predicted octanol–water partition coefficient (Wildman–Crippen LogP) is 3.64. The van der Waals surface area contributed by atoms with Gasteiger partial charge in [0.25, 0.3) is 0 Å². The minimum absolute atomic E-state index is 0.580. The van der Waals surface area contributed by atoms with Crippen molar-refractivity contribution in [3.05, 3.63) is 33.6 Å². The van der Waals surface area contributed by atoms with Gasteiger partial charge in [-0.2, -0.15) is 5.26 Å². The van der Waals surface area contributed by atoms with E-state index < -0.39 is 0 Å². The lowest BCUT2D eigenvalue weighted by Gasteiger charge is -2.08. The first-order chi connectivity index (χ1) is 9.05. The molecule has 0 aliphatic heterocycles. The maximum atomic E-state index is 9.23. The van der Waals surface area contributed by atoms with Crippen LogP contribution in [0.1, 0.15) is 34.4 Å². The van der Waals surface area contributed by atoms with Gasteiger partial charge in [-0.25, -0.2) is 4.98 Å². The van der Waals surface area contributed by atoms with Crippen molar-refractivity contribution in [3.8, 4) is 6.07 Å². The Morgan fingerprint density at radius 1 is 1.32 bits per heavy atom. The fourth-order valence-electron chi connectivity index (χ4n) is 1.99. The molecule has 0 fully saturated rings. The van der Waals surface area contributed by atoms with Gasteiger partial charge in [0.2, 0.25) is 0 Å². The third-order valence-electron chi connectivity index (χ3n) is 2.91. The Kier molecular flexibility index (Phi) is 3.82. The fraction of sp³-hybridized carbons (Fsp3) is 0.357. The molecule has 0 amide bonds. The van der Waals surface area contributed by atoms with E-state index in [4.69, 9.17) is 0 Å². The smallest absolute Gasteiger partial charge is 0.187 e. The van der Waals surface area contributed by atoms with Crippen LogP contribution >= 0.6 is 11.3 Å². The van der Waals surface area contributed by atoms with Crippen molar-refractivity contribution in [1.82, 2.24) is 9.97 Å². The highest BCUT2D eigenvalue weighted by atomic mass is 32.1. The second kappa shape index (κ2) is 5.37. The highest BCUT2D eigenvalue weighted by Gasteiger charge is 2.11. The molecule has 1 N–H and O–H groups in total. The van der Waals surface area contributed by atoms with Crippen LogP contribution in [-0.4, -0.2) is 9.97 Å². The SMILES string of the molecule is CCc1nc(Nc2cc(C)nc(C)c2C#N)sc1C. The molecule has 0 aliphatic carbocycles. The Balaban J connectivity index is 2.40. The van der Waals surface area contributed by atoms with E-state index in [1.807, 2.05) is 19.9 Å². The van der Waals surface area contributed by atoms with Crippen LogP contribution in [0.5, 0.6) is 0 Å². The van der Waals surface area contributed by atoms with E-state index in [9.17, 15) is 5.26 Å². The van der Waals surface area contributed by atoms with Crippen LogP contribution in [0.2, 0.25) is 0 Å². The minimum atomic E-state index is 0.580. The Labute approximate surface area is 117 Å². The maximum Gasteiger partial charge on any atom is 0.187 e. The number of nitrogens with zero attached hydrogens (tertiary/aromatic N) is 3. The molecular formula is C14H16N4S. The molecule has 2 heterocycles. The number of aryl methyl sites for hydroxylation is 4. The van der Waals surface area contributed by atoms with Crippen LogP contribution in [-0.2, 0) is 6.42 Å². The second-order valence-electron chi connectivity index (χ2n) is 4.38. The first kappa shape index (κ1) is 13.5. The molecule has 2 aromatic heterocycles. The van der Waals surface area contributed by atoms with Gasteiger partial charge in [-0.1, -0.05) is 6.92 Å². The zero-order valence-corrected chi connectivity index (χ0v) is 12.4. The zero-order valence-electron chi connectivity index (χ0n) is 11.5. The number of hydrogen-bond acceptors (Lipinski definition) is 5. The van der Waals surface area contributed by atoms with E-state index in [1.54, 1.807) is 11.3 Å². The first-order valence-electron chi connectivity index (χ1n) is 6.16. The van der Waals surface area contributed by atoms with Crippen LogP contribution < -0.4 is 5.32 Å². The van der Waals surface area contributed by atoms with Crippen molar-refractivity contribution in [2.75, 3.05) is 5.32 Å². The molecule has 0 spiro atoms. The Hall–Kier alpha value is -1.93. The van der Waals surface area contributed by atoms with Gasteiger partial charge in [0.15, 0.2) is 5.13 Å². The second-order valence-corrected chi connectivity index (χ2v) is 5.59. The molecule has 2 aromatic rings. The molecule has 2 rings (SSSR count). The van der Waals surface area contributed by atoms with E-state index in [0.717, 1.165) is 34.3 Å². The summed E-state index contributed by atoms with van der Waals surface area (Å²) in [5, 5.41) is 13.3. The Bertz CT molecular complexity index is 652. The number of anilines is 2. The summed E-state index contributed by atoms with van der Waals surface area (Å²) in [6.45, 7) is 7.93. The molecule has 0 saturated heterocycles. The molecule has 19 heavy (non-hydrogen) atoms. The maximum absolute atomic E-state index is 9.23. The van der Waals surface area contributed by atoms with Crippen LogP contribution in [0, 0.1) is 32.1 Å². The van der Waals surface area contributed by atoms with E-state index in [0.29, 0.717) is 5.56 Å². The molecule has 5 heteroatoms. The third kappa shape index (κ3) is 2.74. The van der Waals surface area contributed by atoms with Crippen molar-refractivity contribution in [3.63, 3.8) is 0 Å². The minimum Gasteiger partial charge on any atom is -0.330 e. The van der Waals surface area contributed by atoms with Gasteiger partial charge in [-0.15, -0.1) is 11.3 Å². The largest absolute Gasteiger partial charge is 0.330 e. The van der Waals surface area contributed by atoms with Crippen molar-refractivity contribution in [2.24, 2.45) is 0 Å². The lowest BCUT2D eigenvalue weighted by molar-refractivity contribution is 1.04. The van der Waals surface area contributed by atoms with Crippen LogP contribution in [0.3, 0.4) is 0 Å². The molecule has 0 aliphatic rings. The number of nitriles is 1. The summed E-state index contributed by atoms with van der Waals surface area (Å²) in [7, 11) is 0. The van der Waals surface area contributed by atoms with E-state index in [-0.39, 0.29) is 0 Å². The summed E-state index contributed by atoms with van der Waals surface area (Å²) in [5.74, 6) is 0. The van der Waals surface area contributed by atoms with Crippen molar-refractivity contribution in [2.45, 2.75) is 34.1 Å². The van der Waals surface area contributed by atoms with Gasteiger partial charge in [-0.3, -0.25) is 4.98 Å². The Morgan fingerprint density at radius 2 is 2.05 bits per heavy atom. The van der Waals surface area contributed by atoms with Gasteiger partial charge in [0, 0.05) is 10.6 Å². The highest BCUT2D eigenvalue weighted by Crippen LogP contribution is 2.28. The topological polar surface area (TPSA) is 61.6 Å². The fourth-order valence-corrected chi connectivity index (χ4v) is 2.91. The van der Waals surface area contributed by atoms with Gasteiger partial charge in [-0.05, 0) is 33.3 Å². The van der Waals surface area contributed by atoms with Gasteiger partial charge in [0.05, 0.1) is 22.6 Å². The summed E-state index contributed by atoms with van der Waals surface area (Å²) in [5.41, 5.74) is 4.10. The lowest BCUT2D eigenvalue weighted by Crippen LogP contribution is -1.99. The standard InChI is InChI=1S/C14H16N4S/c1-5-12-10(4)19-14(17-12)18-13-6-8(2)16-9(3)11(13)7-15/h6H,5H2,1-4H3,(H,16,17,18). The highest BCUT2D eigenvalue weighted by molar-refractivity contribution is 7.15. The number of thiazole rings is 1.